The van der Waals surface area contributed by atoms with Gasteiger partial charge in [0.1, 0.15) is 5.75 Å². The molecule has 3 nitrogen and oxygen atoms in total. The number of hydrogen-bond donors (Lipinski definition) is 1. The maximum absolute atomic E-state index is 12.1. The van der Waals surface area contributed by atoms with E-state index in [0.29, 0.717) is 0 Å². The average molecular weight is 281 g/mol. The first-order valence-corrected chi connectivity index (χ1v) is 7.24. The lowest BCUT2D eigenvalue weighted by atomic mass is 9.94. The number of nitrogens with one attached hydrogen (secondary N) is 1. The van der Waals surface area contributed by atoms with E-state index in [4.69, 9.17) is 4.74 Å². The summed E-state index contributed by atoms with van der Waals surface area (Å²) < 4.78 is 5.17. The number of ether oxygens (including phenoxy) is 1. The quantitative estimate of drug-likeness (QED) is 0.935. The highest BCUT2D eigenvalue weighted by molar-refractivity contribution is 5.81. The summed E-state index contributed by atoms with van der Waals surface area (Å²) in [6, 6.07) is 18.2. The van der Waals surface area contributed by atoms with Crippen molar-refractivity contribution in [2.45, 2.75) is 18.9 Å². The molecule has 1 heterocycles. The highest BCUT2D eigenvalue weighted by Gasteiger charge is 2.32. The molecule has 1 fully saturated rings. The van der Waals surface area contributed by atoms with Crippen molar-refractivity contribution in [1.82, 2.24) is 5.32 Å². The first-order valence-electron chi connectivity index (χ1n) is 7.24. The normalized spacial score (nSPS) is 21.1. The lowest BCUT2D eigenvalue weighted by Gasteiger charge is -2.11. The monoisotopic (exact) mass is 281 g/mol. The largest absolute Gasteiger partial charge is 0.497 e. The fourth-order valence-electron chi connectivity index (χ4n) is 2.87. The summed E-state index contributed by atoms with van der Waals surface area (Å²) >= 11 is 0. The Bertz CT molecular complexity index is 607. The van der Waals surface area contributed by atoms with Crippen LogP contribution >= 0.6 is 0 Å². The predicted molar refractivity (Wildman–Crippen MR) is 82.1 cm³/mol. The van der Waals surface area contributed by atoms with E-state index >= 15 is 0 Å². The highest BCUT2D eigenvalue weighted by Crippen LogP contribution is 2.31. The maximum Gasteiger partial charge on any atom is 0.224 e. The molecule has 3 rings (SSSR count). The lowest BCUT2D eigenvalue weighted by molar-refractivity contribution is -0.122. The molecule has 0 radical (unpaired) electrons. The van der Waals surface area contributed by atoms with Gasteiger partial charge in [-0.05, 0) is 36.1 Å². The van der Waals surface area contributed by atoms with Crippen LogP contribution in [0.2, 0.25) is 0 Å². The first-order chi connectivity index (χ1) is 10.3. The number of amides is 1. The molecular formula is C18H19NO2. The third-order valence-corrected chi connectivity index (χ3v) is 4.05. The molecule has 2 aromatic carbocycles. The van der Waals surface area contributed by atoms with Gasteiger partial charge in [-0.15, -0.1) is 0 Å². The number of hydrogen-bond acceptors (Lipinski definition) is 2. The smallest absolute Gasteiger partial charge is 0.224 e. The van der Waals surface area contributed by atoms with Crippen LogP contribution in [0.25, 0.3) is 0 Å². The van der Waals surface area contributed by atoms with Crippen LogP contribution in [0.1, 0.15) is 23.6 Å². The first kappa shape index (κ1) is 13.7. The van der Waals surface area contributed by atoms with Crippen molar-refractivity contribution in [3.8, 4) is 5.75 Å². The van der Waals surface area contributed by atoms with Crippen LogP contribution in [0.3, 0.4) is 0 Å². The number of benzene rings is 2. The van der Waals surface area contributed by atoms with Crippen molar-refractivity contribution < 1.29 is 9.53 Å². The molecule has 2 unspecified atom stereocenters. The van der Waals surface area contributed by atoms with Gasteiger partial charge in [-0.2, -0.15) is 0 Å². The predicted octanol–water partition coefficient (Wildman–Crippen LogP) is 3.12. The molecule has 0 aliphatic carbocycles. The summed E-state index contributed by atoms with van der Waals surface area (Å²) in [6.07, 6.45) is 1.65. The van der Waals surface area contributed by atoms with Crippen LogP contribution in [0, 0.1) is 5.92 Å². The second-order valence-corrected chi connectivity index (χ2v) is 5.46. The molecule has 0 aromatic heterocycles. The molecule has 0 saturated carbocycles. The van der Waals surface area contributed by atoms with Crippen molar-refractivity contribution in [2.24, 2.45) is 5.92 Å². The van der Waals surface area contributed by atoms with Gasteiger partial charge >= 0.3 is 0 Å². The fraction of sp³-hybridized carbons (Fsp3) is 0.278. The molecule has 3 heteroatoms. The van der Waals surface area contributed by atoms with Gasteiger partial charge in [-0.3, -0.25) is 4.79 Å². The Kier molecular flexibility index (Phi) is 3.91. The van der Waals surface area contributed by atoms with Gasteiger partial charge in [-0.1, -0.05) is 42.5 Å². The van der Waals surface area contributed by atoms with Crippen LogP contribution in [-0.2, 0) is 11.2 Å². The van der Waals surface area contributed by atoms with Gasteiger partial charge in [-0.25, -0.2) is 0 Å². The number of carbonyl (C=O) groups is 1. The topological polar surface area (TPSA) is 38.3 Å². The van der Waals surface area contributed by atoms with Crippen molar-refractivity contribution in [3.05, 3.63) is 65.7 Å². The average Bonchev–Trinajstić information content (AvgIpc) is 2.89. The number of rotatable bonds is 4. The lowest BCUT2D eigenvalue weighted by Crippen LogP contribution is -2.22. The van der Waals surface area contributed by atoms with E-state index in [2.05, 4.69) is 17.4 Å². The summed E-state index contributed by atoms with van der Waals surface area (Å²) in [4.78, 5) is 12.1. The van der Waals surface area contributed by atoms with E-state index in [9.17, 15) is 4.79 Å². The van der Waals surface area contributed by atoms with Gasteiger partial charge in [0.05, 0.1) is 13.2 Å². The molecular weight excluding hydrogens is 262 g/mol. The van der Waals surface area contributed by atoms with Crippen LogP contribution in [0.15, 0.2) is 54.6 Å². The van der Waals surface area contributed by atoms with Crippen molar-refractivity contribution >= 4 is 5.91 Å². The van der Waals surface area contributed by atoms with Crippen molar-refractivity contribution in [2.75, 3.05) is 7.11 Å². The molecule has 2 atom stereocenters. The van der Waals surface area contributed by atoms with Crippen LogP contribution in [0.4, 0.5) is 0 Å². The maximum atomic E-state index is 12.1. The van der Waals surface area contributed by atoms with Gasteiger partial charge in [0, 0.05) is 5.92 Å². The van der Waals surface area contributed by atoms with Crippen molar-refractivity contribution in [1.29, 1.82) is 0 Å². The van der Waals surface area contributed by atoms with E-state index < -0.39 is 0 Å². The number of methoxy groups -OCH3 is 1. The molecule has 1 amide bonds. The Hall–Kier alpha value is -2.29. The van der Waals surface area contributed by atoms with Crippen LogP contribution < -0.4 is 10.1 Å². The Morgan fingerprint density at radius 1 is 1.10 bits per heavy atom. The van der Waals surface area contributed by atoms with Crippen molar-refractivity contribution in [3.63, 3.8) is 0 Å². The molecule has 1 N–H and O–H groups in total. The molecule has 1 saturated heterocycles. The van der Waals surface area contributed by atoms with Crippen LogP contribution in [0.5, 0.6) is 5.75 Å². The highest BCUT2D eigenvalue weighted by atomic mass is 16.5. The second kappa shape index (κ2) is 6.00. The van der Waals surface area contributed by atoms with Gasteiger partial charge in [0.15, 0.2) is 0 Å². The Balaban J connectivity index is 1.69. The summed E-state index contributed by atoms with van der Waals surface area (Å²) in [6.45, 7) is 0. The summed E-state index contributed by atoms with van der Waals surface area (Å²) in [5, 5.41) is 3.10. The minimum Gasteiger partial charge on any atom is -0.497 e. The zero-order valence-electron chi connectivity index (χ0n) is 12.1. The zero-order chi connectivity index (χ0) is 14.7. The SMILES string of the molecule is COc1ccc(C2CC(Cc3ccccc3)C(=O)N2)cc1. The minimum atomic E-state index is 0.0551. The molecule has 1 aliphatic rings. The van der Waals surface area contributed by atoms with Crippen LogP contribution in [-0.4, -0.2) is 13.0 Å². The molecule has 21 heavy (non-hydrogen) atoms. The Morgan fingerprint density at radius 2 is 1.81 bits per heavy atom. The molecule has 2 aromatic rings. The van der Waals surface area contributed by atoms with E-state index in [-0.39, 0.29) is 17.9 Å². The summed E-state index contributed by atoms with van der Waals surface area (Å²) in [5.41, 5.74) is 2.35. The van der Waals surface area contributed by atoms with E-state index in [1.54, 1.807) is 7.11 Å². The summed E-state index contributed by atoms with van der Waals surface area (Å²) in [7, 11) is 1.66. The second-order valence-electron chi connectivity index (χ2n) is 5.46. The third kappa shape index (κ3) is 3.07. The van der Waals surface area contributed by atoms with Gasteiger partial charge < -0.3 is 10.1 Å². The van der Waals surface area contributed by atoms with E-state index in [1.807, 2.05) is 42.5 Å². The zero-order valence-corrected chi connectivity index (χ0v) is 12.1. The standard InChI is InChI=1S/C18H19NO2/c1-21-16-9-7-14(8-10-16)17-12-15(18(20)19-17)11-13-5-3-2-4-6-13/h2-10,15,17H,11-12H2,1H3,(H,19,20). The Labute approximate surface area is 124 Å². The molecule has 1 aliphatic heterocycles. The molecule has 0 spiro atoms. The molecule has 108 valence electrons. The molecule has 0 bridgehead atoms. The van der Waals surface area contributed by atoms with Gasteiger partial charge in [0.2, 0.25) is 5.91 Å². The minimum absolute atomic E-state index is 0.0551. The summed E-state index contributed by atoms with van der Waals surface area (Å²) in [5.74, 6) is 1.04. The third-order valence-electron chi connectivity index (χ3n) is 4.05. The van der Waals surface area contributed by atoms with Gasteiger partial charge in [0.25, 0.3) is 0 Å². The van der Waals surface area contributed by atoms with E-state index in [1.165, 1.54) is 5.56 Å². The Morgan fingerprint density at radius 3 is 2.48 bits per heavy atom. The number of carbonyl (C=O) groups excluding carboxylic acids is 1. The van der Waals surface area contributed by atoms with E-state index in [0.717, 1.165) is 24.2 Å². The fourth-order valence-corrected chi connectivity index (χ4v) is 2.87.